The van der Waals surface area contributed by atoms with Gasteiger partial charge in [0, 0.05) is 6.61 Å². The van der Waals surface area contributed by atoms with Gasteiger partial charge in [-0.3, -0.25) is 4.79 Å². The van der Waals surface area contributed by atoms with Crippen LogP contribution in [0.15, 0.2) is 0 Å². The Balaban J connectivity index is 2.34. The second-order valence-electron chi connectivity index (χ2n) is 4.44. The van der Waals surface area contributed by atoms with E-state index in [1.54, 1.807) is 0 Å². The summed E-state index contributed by atoms with van der Waals surface area (Å²) in [4.78, 5) is 11.0. The van der Waals surface area contributed by atoms with E-state index in [1.807, 2.05) is 6.92 Å². The van der Waals surface area contributed by atoms with Gasteiger partial charge in [0.05, 0.1) is 11.5 Å². The Morgan fingerprint density at radius 2 is 2.07 bits per heavy atom. The van der Waals surface area contributed by atoms with Gasteiger partial charge in [-0.25, -0.2) is 0 Å². The van der Waals surface area contributed by atoms with E-state index in [0.717, 1.165) is 38.7 Å². The summed E-state index contributed by atoms with van der Waals surface area (Å²) in [6.45, 7) is 4.73. The number of ether oxygens (including phenoxy) is 1. The summed E-state index contributed by atoms with van der Waals surface area (Å²) in [5, 5.41) is 9.02. The summed E-state index contributed by atoms with van der Waals surface area (Å²) in [6, 6.07) is 0. The maximum Gasteiger partial charge on any atom is 0.309 e. The molecule has 1 aliphatic carbocycles. The second-order valence-corrected chi connectivity index (χ2v) is 4.44. The molecule has 82 valence electrons. The fraction of sp³-hybridized carbons (Fsp3) is 0.909. The Labute approximate surface area is 85.5 Å². The van der Waals surface area contributed by atoms with Gasteiger partial charge in [0.25, 0.3) is 0 Å². The van der Waals surface area contributed by atoms with Crippen LogP contribution in [0.3, 0.4) is 0 Å². The largest absolute Gasteiger partial charge is 0.481 e. The third-order valence-corrected chi connectivity index (χ3v) is 3.11. The van der Waals surface area contributed by atoms with Crippen molar-refractivity contribution in [3.05, 3.63) is 0 Å². The van der Waals surface area contributed by atoms with Crippen LogP contribution in [0.2, 0.25) is 0 Å². The van der Waals surface area contributed by atoms with Crippen molar-refractivity contribution in [2.75, 3.05) is 6.61 Å². The molecule has 0 saturated heterocycles. The van der Waals surface area contributed by atoms with Gasteiger partial charge in [0.15, 0.2) is 0 Å². The molecule has 0 radical (unpaired) electrons. The van der Waals surface area contributed by atoms with Crippen LogP contribution >= 0.6 is 0 Å². The molecule has 0 aliphatic heterocycles. The molecule has 0 amide bonds. The number of carbonyl (C=O) groups is 1. The van der Waals surface area contributed by atoms with Crippen molar-refractivity contribution in [3.63, 3.8) is 0 Å². The summed E-state index contributed by atoms with van der Waals surface area (Å²) in [7, 11) is 0. The van der Waals surface area contributed by atoms with Gasteiger partial charge >= 0.3 is 5.97 Å². The lowest BCUT2D eigenvalue weighted by Crippen LogP contribution is -2.35. The van der Waals surface area contributed by atoms with E-state index in [4.69, 9.17) is 9.84 Å². The van der Waals surface area contributed by atoms with Crippen LogP contribution in [0.25, 0.3) is 0 Å². The average Bonchev–Trinajstić information content (AvgIpc) is 2.17. The normalized spacial score (nSPS) is 32.9. The Bertz CT molecular complexity index is 193. The molecule has 0 aromatic carbocycles. The van der Waals surface area contributed by atoms with Crippen LogP contribution in [-0.4, -0.2) is 23.8 Å². The number of rotatable bonds is 4. The number of carboxylic acid groups (broad SMARTS) is 1. The summed E-state index contributed by atoms with van der Waals surface area (Å²) in [6.07, 6.45) is 4.61. The minimum Gasteiger partial charge on any atom is -0.481 e. The van der Waals surface area contributed by atoms with Crippen LogP contribution in [0.1, 0.15) is 46.0 Å². The Morgan fingerprint density at radius 1 is 1.50 bits per heavy atom. The predicted octanol–water partition coefficient (Wildman–Crippen LogP) is 2.45. The minimum atomic E-state index is -0.661. The van der Waals surface area contributed by atoms with Crippen LogP contribution < -0.4 is 0 Å². The Kier molecular flexibility index (Phi) is 3.93. The molecule has 14 heavy (non-hydrogen) atoms. The second kappa shape index (κ2) is 4.78. The first-order valence-corrected chi connectivity index (χ1v) is 5.43. The molecule has 1 rings (SSSR count). The van der Waals surface area contributed by atoms with Crippen LogP contribution in [0.5, 0.6) is 0 Å². The standard InChI is InChI=1S/C11H20O3/c1-3-8-14-9-4-6-11(2,7-5-9)10(12)13/h9H,3-8H2,1-2H3,(H,12,13)/t9-,11-. The molecule has 3 heteroatoms. The molecule has 1 N–H and O–H groups in total. The van der Waals surface area contributed by atoms with Crippen molar-refractivity contribution in [2.45, 2.75) is 52.1 Å². The molecule has 1 fully saturated rings. The van der Waals surface area contributed by atoms with E-state index in [1.165, 1.54) is 0 Å². The zero-order valence-corrected chi connectivity index (χ0v) is 9.08. The number of hydrogen-bond acceptors (Lipinski definition) is 2. The minimum absolute atomic E-state index is 0.294. The van der Waals surface area contributed by atoms with Crippen LogP contribution in [0.4, 0.5) is 0 Å². The lowest BCUT2D eigenvalue weighted by atomic mass is 9.75. The summed E-state index contributed by atoms with van der Waals surface area (Å²) in [5.41, 5.74) is -0.508. The lowest BCUT2D eigenvalue weighted by molar-refractivity contribution is -0.151. The molecule has 0 unspecified atom stereocenters. The van der Waals surface area contributed by atoms with E-state index in [9.17, 15) is 4.79 Å². The molecule has 3 nitrogen and oxygen atoms in total. The topological polar surface area (TPSA) is 46.5 Å². The van der Waals surface area contributed by atoms with Gasteiger partial charge in [0.2, 0.25) is 0 Å². The third kappa shape index (κ3) is 2.71. The first-order chi connectivity index (χ1) is 6.58. The first kappa shape index (κ1) is 11.5. The summed E-state index contributed by atoms with van der Waals surface area (Å²) >= 11 is 0. The highest BCUT2D eigenvalue weighted by molar-refractivity contribution is 5.74. The summed E-state index contributed by atoms with van der Waals surface area (Å²) < 4.78 is 5.61. The van der Waals surface area contributed by atoms with Crippen molar-refractivity contribution < 1.29 is 14.6 Å². The van der Waals surface area contributed by atoms with Gasteiger partial charge < -0.3 is 9.84 Å². The fourth-order valence-corrected chi connectivity index (χ4v) is 1.89. The SMILES string of the molecule is CCCO[C@H]1CC[C@](C)(C(=O)O)CC1. The highest BCUT2D eigenvalue weighted by atomic mass is 16.5. The lowest BCUT2D eigenvalue weighted by Gasteiger charge is -2.33. The van der Waals surface area contributed by atoms with Gasteiger partial charge in [-0.05, 0) is 39.0 Å². The highest BCUT2D eigenvalue weighted by Gasteiger charge is 2.37. The molecule has 1 aliphatic rings. The number of aliphatic carboxylic acids is 1. The van der Waals surface area contributed by atoms with E-state index >= 15 is 0 Å². The van der Waals surface area contributed by atoms with E-state index in [0.29, 0.717) is 6.10 Å². The third-order valence-electron chi connectivity index (χ3n) is 3.11. The smallest absolute Gasteiger partial charge is 0.309 e. The van der Waals surface area contributed by atoms with Gasteiger partial charge in [-0.15, -0.1) is 0 Å². The monoisotopic (exact) mass is 200 g/mol. The Hall–Kier alpha value is -0.570. The fourth-order valence-electron chi connectivity index (χ4n) is 1.89. The summed E-state index contributed by atoms with van der Waals surface area (Å²) in [5.74, 6) is -0.661. The van der Waals surface area contributed by atoms with E-state index in [-0.39, 0.29) is 0 Å². The average molecular weight is 200 g/mol. The quantitative estimate of drug-likeness (QED) is 0.758. The van der Waals surface area contributed by atoms with Crippen LogP contribution in [0, 0.1) is 5.41 Å². The molecular formula is C11H20O3. The number of hydrogen-bond donors (Lipinski definition) is 1. The molecule has 0 aromatic rings. The number of carboxylic acids is 1. The molecule has 0 aromatic heterocycles. The van der Waals surface area contributed by atoms with Crippen molar-refractivity contribution in [1.29, 1.82) is 0 Å². The van der Waals surface area contributed by atoms with Gasteiger partial charge in [-0.2, -0.15) is 0 Å². The molecule has 0 atom stereocenters. The molecular weight excluding hydrogens is 180 g/mol. The van der Waals surface area contributed by atoms with Crippen LogP contribution in [-0.2, 0) is 9.53 Å². The molecule has 0 heterocycles. The molecule has 1 saturated carbocycles. The molecule has 0 spiro atoms. The van der Waals surface area contributed by atoms with Crippen molar-refractivity contribution in [1.82, 2.24) is 0 Å². The maximum absolute atomic E-state index is 11.0. The first-order valence-electron chi connectivity index (χ1n) is 5.43. The zero-order chi connectivity index (χ0) is 10.6. The van der Waals surface area contributed by atoms with E-state index < -0.39 is 11.4 Å². The van der Waals surface area contributed by atoms with Crippen molar-refractivity contribution in [3.8, 4) is 0 Å². The van der Waals surface area contributed by atoms with Gasteiger partial charge in [-0.1, -0.05) is 6.92 Å². The zero-order valence-electron chi connectivity index (χ0n) is 9.08. The van der Waals surface area contributed by atoms with Crippen molar-refractivity contribution in [2.24, 2.45) is 5.41 Å². The van der Waals surface area contributed by atoms with Gasteiger partial charge in [0.1, 0.15) is 0 Å². The van der Waals surface area contributed by atoms with E-state index in [2.05, 4.69) is 6.92 Å². The molecule has 0 bridgehead atoms. The Morgan fingerprint density at radius 3 is 2.50 bits per heavy atom. The predicted molar refractivity (Wildman–Crippen MR) is 54.2 cm³/mol. The maximum atomic E-state index is 11.0. The van der Waals surface area contributed by atoms with Crippen molar-refractivity contribution >= 4 is 5.97 Å². The highest BCUT2D eigenvalue weighted by Crippen LogP contribution is 2.37.